The van der Waals surface area contributed by atoms with Gasteiger partial charge in [0.1, 0.15) is 6.10 Å². The van der Waals surface area contributed by atoms with Crippen molar-refractivity contribution in [2.75, 3.05) is 27.2 Å². The van der Waals surface area contributed by atoms with E-state index in [9.17, 15) is 0 Å². The molecule has 0 aliphatic carbocycles. The van der Waals surface area contributed by atoms with Crippen LogP contribution in [0, 0.1) is 0 Å². The Morgan fingerprint density at radius 3 is 2.53 bits per heavy atom. The summed E-state index contributed by atoms with van der Waals surface area (Å²) in [4.78, 5) is 2.12. The van der Waals surface area contributed by atoms with Gasteiger partial charge in [0.25, 0.3) is 0 Å². The highest BCUT2D eigenvalue weighted by Gasteiger charge is 2.17. The van der Waals surface area contributed by atoms with E-state index in [0.29, 0.717) is 6.61 Å². The first kappa shape index (κ1) is 13.8. The van der Waals surface area contributed by atoms with Crippen LogP contribution in [0.25, 0.3) is 0 Å². The lowest BCUT2D eigenvalue weighted by Gasteiger charge is -2.20. The van der Waals surface area contributed by atoms with E-state index >= 15 is 0 Å². The molecule has 0 N–H and O–H groups in total. The number of rotatable bonds is 6. The smallest absolute Gasteiger partial charge is 0.124 e. The minimum atomic E-state index is -0.0614. The van der Waals surface area contributed by atoms with Crippen LogP contribution in [0.5, 0.6) is 0 Å². The van der Waals surface area contributed by atoms with Crippen LogP contribution in [0.4, 0.5) is 0 Å². The van der Waals surface area contributed by atoms with Gasteiger partial charge in [0.2, 0.25) is 0 Å². The average molecular weight is 259 g/mol. The minimum absolute atomic E-state index is 0.0614. The second-order valence-corrected chi connectivity index (χ2v) is 4.84. The monoisotopic (exact) mass is 259 g/mol. The summed E-state index contributed by atoms with van der Waals surface area (Å²) in [6.45, 7) is 1.60. The molecule has 0 bridgehead atoms. The van der Waals surface area contributed by atoms with E-state index in [1.54, 1.807) is 6.20 Å². The molecular formula is C15H21N3O. The lowest BCUT2D eigenvalue weighted by molar-refractivity contribution is 0.0638. The van der Waals surface area contributed by atoms with Gasteiger partial charge in [-0.25, -0.2) is 0 Å². The molecule has 2 rings (SSSR count). The zero-order valence-corrected chi connectivity index (χ0v) is 11.8. The Balaban J connectivity index is 2.17. The fourth-order valence-electron chi connectivity index (χ4n) is 1.97. The number of hydrogen-bond acceptors (Lipinski definition) is 3. The van der Waals surface area contributed by atoms with Crippen molar-refractivity contribution in [3.05, 3.63) is 53.9 Å². The van der Waals surface area contributed by atoms with Gasteiger partial charge in [-0.15, -0.1) is 0 Å². The van der Waals surface area contributed by atoms with E-state index in [0.717, 1.165) is 17.8 Å². The summed E-state index contributed by atoms with van der Waals surface area (Å²) >= 11 is 0. The second kappa shape index (κ2) is 6.50. The highest BCUT2D eigenvalue weighted by molar-refractivity contribution is 5.25. The minimum Gasteiger partial charge on any atom is -0.366 e. The van der Waals surface area contributed by atoms with Crippen molar-refractivity contribution < 1.29 is 4.74 Å². The molecule has 0 amide bonds. The molecule has 0 spiro atoms. The van der Waals surface area contributed by atoms with Crippen LogP contribution in [0.2, 0.25) is 0 Å². The Bertz CT molecular complexity index is 493. The maximum absolute atomic E-state index is 6.06. The van der Waals surface area contributed by atoms with Crippen molar-refractivity contribution >= 4 is 0 Å². The standard InChI is InChI=1S/C15H21N3O/c1-17(2)11-12-19-15(13-7-5-4-6-8-13)14-9-10-16-18(14)3/h4-10,15H,11-12H2,1-3H3/t15-/m1/s1. The number of ether oxygens (including phenoxy) is 1. The van der Waals surface area contributed by atoms with Gasteiger partial charge >= 0.3 is 0 Å². The van der Waals surface area contributed by atoms with E-state index < -0.39 is 0 Å². The van der Waals surface area contributed by atoms with Gasteiger partial charge in [-0.05, 0) is 25.7 Å². The fraction of sp³-hybridized carbons (Fsp3) is 0.400. The second-order valence-electron chi connectivity index (χ2n) is 4.84. The molecule has 0 saturated heterocycles. The van der Waals surface area contributed by atoms with Gasteiger partial charge in [0.05, 0.1) is 12.3 Å². The van der Waals surface area contributed by atoms with Crippen molar-refractivity contribution in [3.8, 4) is 0 Å². The molecule has 0 fully saturated rings. The maximum atomic E-state index is 6.06. The number of aromatic nitrogens is 2. The van der Waals surface area contributed by atoms with Crippen LogP contribution in [0.1, 0.15) is 17.4 Å². The molecule has 1 atom stereocenters. The summed E-state index contributed by atoms with van der Waals surface area (Å²) in [7, 11) is 6.04. The maximum Gasteiger partial charge on any atom is 0.124 e. The van der Waals surface area contributed by atoms with Gasteiger partial charge in [0, 0.05) is 19.8 Å². The first-order valence-corrected chi connectivity index (χ1v) is 6.47. The molecule has 102 valence electrons. The quantitative estimate of drug-likeness (QED) is 0.795. The summed E-state index contributed by atoms with van der Waals surface area (Å²) in [6.07, 6.45) is 1.74. The summed E-state index contributed by atoms with van der Waals surface area (Å²) < 4.78 is 7.93. The Labute approximate surface area is 114 Å². The fourth-order valence-corrected chi connectivity index (χ4v) is 1.97. The number of benzene rings is 1. The van der Waals surface area contributed by atoms with E-state index in [4.69, 9.17) is 4.74 Å². The molecule has 2 aromatic rings. The summed E-state index contributed by atoms with van der Waals surface area (Å²) in [5.74, 6) is 0. The first-order valence-electron chi connectivity index (χ1n) is 6.47. The van der Waals surface area contributed by atoms with Crippen LogP contribution >= 0.6 is 0 Å². The Morgan fingerprint density at radius 2 is 1.95 bits per heavy atom. The lowest BCUT2D eigenvalue weighted by Crippen LogP contribution is -2.20. The third kappa shape index (κ3) is 3.66. The molecule has 4 nitrogen and oxygen atoms in total. The average Bonchev–Trinajstić information content (AvgIpc) is 2.82. The predicted octanol–water partition coefficient (Wildman–Crippen LogP) is 2.09. The zero-order chi connectivity index (χ0) is 13.7. The summed E-state index contributed by atoms with van der Waals surface area (Å²) in [5, 5.41) is 4.23. The van der Waals surface area contributed by atoms with Crippen LogP contribution in [-0.4, -0.2) is 41.9 Å². The number of likely N-dealkylation sites (N-methyl/N-ethyl adjacent to an activating group) is 1. The van der Waals surface area contributed by atoms with Crippen molar-refractivity contribution in [3.63, 3.8) is 0 Å². The van der Waals surface area contributed by atoms with Gasteiger partial charge in [-0.1, -0.05) is 30.3 Å². The lowest BCUT2D eigenvalue weighted by atomic mass is 10.1. The van der Waals surface area contributed by atoms with Gasteiger partial charge in [-0.2, -0.15) is 5.10 Å². The molecule has 0 aliphatic heterocycles. The largest absolute Gasteiger partial charge is 0.366 e. The third-order valence-electron chi connectivity index (χ3n) is 3.05. The van der Waals surface area contributed by atoms with Crippen LogP contribution in [0.15, 0.2) is 42.6 Å². The van der Waals surface area contributed by atoms with Gasteiger partial charge in [-0.3, -0.25) is 4.68 Å². The van der Waals surface area contributed by atoms with E-state index in [1.807, 2.05) is 50.1 Å². The van der Waals surface area contributed by atoms with E-state index in [1.165, 1.54) is 0 Å². The molecule has 4 heteroatoms. The molecule has 0 saturated carbocycles. The Morgan fingerprint density at radius 1 is 1.21 bits per heavy atom. The molecule has 1 heterocycles. The highest BCUT2D eigenvalue weighted by Crippen LogP contribution is 2.25. The third-order valence-corrected chi connectivity index (χ3v) is 3.05. The number of nitrogens with zero attached hydrogens (tertiary/aromatic N) is 3. The van der Waals surface area contributed by atoms with Gasteiger partial charge < -0.3 is 9.64 Å². The van der Waals surface area contributed by atoms with Crippen molar-refractivity contribution in [1.82, 2.24) is 14.7 Å². The molecule has 0 radical (unpaired) electrons. The predicted molar refractivity (Wildman–Crippen MR) is 76.0 cm³/mol. The van der Waals surface area contributed by atoms with Crippen molar-refractivity contribution in [2.45, 2.75) is 6.10 Å². The Hall–Kier alpha value is -1.65. The zero-order valence-electron chi connectivity index (χ0n) is 11.8. The van der Waals surface area contributed by atoms with Crippen LogP contribution in [0.3, 0.4) is 0 Å². The summed E-state index contributed by atoms with van der Waals surface area (Å²) in [6, 6.07) is 12.3. The van der Waals surface area contributed by atoms with E-state index in [-0.39, 0.29) is 6.10 Å². The number of aryl methyl sites for hydroxylation is 1. The SMILES string of the molecule is CN(C)CCO[C@H](c1ccccc1)c1ccnn1C. The molecule has 0 aliphatic rings. The number of hydrogen-bond donors (Lipinski definition) is 0. The van der Waals surface area contributed by atoms with Crippen molar-refractivity contribution in [2.24, 2.45) is 7.05 Å². The topological polar surface area (TPSA) is 30.3 Å². The normalized spacial score (nSPS) is 12.8. The van der Waals surface area contributed by atoms with Crippen molar-refractivity contribution in [1.29, 1.82) is 0 Å². The van der Waals surface area contributed by atoms with Crippen LogP contribution in [-0.2, 0) is 11.8 Å². The first-order chi connectivity index (χ1) is 9.18. The molecule has 1 aromatic carbocycles. The molecule has 0 unspecified atom stereocenters. The Kier molecular flexibility index (Phi) is 4.71. The molecule has 19 heavy (non-hydrogen) atoms. The van der Waals surface area contributed by atoms with Gasteiger partial charge in [0.15, 0.2) is 0 Å². The summed E-state index contributed by atoms with van der Waals surface area (Å²) in [5.41, 5.74) is 2.23. The molecular weight excluding hydrogens is 238 g/mol. The van der Waals surface area contributed by atoms with E-state index in [2.05, 4.69) is 22.1 Å². The molecule has 1 aromatic heterocycles. The highest BCUT2D eigenvalue weighted by atomic mass is 16.5. The van der Waals surface area contributed by atoms with Crippen LogP contribution < -0.4 is 0 Å².